The molecule has 82 valence electrons. The highest BCUT2D eigenvalue weighted by molar-refractivity contribution is 5.45. The summed E-state index contributed by atoms with van der Waals surface area (Å²) in [5.41, 5.74) is 2.25. The van der Waals surface area contributed by atoms with E-state index in [1.54, 1.807) is 12.5 Å². The second-order valence-corrected chi connectivity index (χ2v) is 3.64. The van der Waals surface area contributed by atoms with Crippen molar-refractivity contribution in [3.8, 4) is 0 Å². The summed E-state index contributed by atoms with van der Waals surface area (Å²) in [6.45, 7) is 3.78. The lowest BCUT2D eigenvalue weighted by Crippen LogP contribution is -2.08. The zero-order valence-corrected chi connectivity index (χ0v) is 9.10. The first kappa shape index (κ1) is 10.6. The van der Waals surface area contributed by atoms with Gasteiger partial charge in [-0.1, -0.05) is 24.3 Å². The van der Waals surface area contributed by atoms with Crippen molar-refractivity contribution in [1.82, 2.24) is 0 Å². The van der Waals surface area contributed by atoms with Crippen molar-refractivity contribution in [3.63, 3.8) is 0 Å². The Morgan fingerprint density at radius 1 is 1.25 bits per heavy atom. The number of anilines is 1. The van der Waals surface area contributed by atoms with Gasteiger partial charge in [0.25, 0.3) is 0 Å². The molecule has 1 aromatic carbocycles. The molecule has 1 heterocycles. The molecule has 2 rings (SSSR count). The Bertz CT molecular complexity index is 419. The van der Waals surface area contributed by atoms with E-state index in [0.717, 1.165) is 17.7 Å². The quantitative estimate of drug-likeness (QED) is 0.759. The molecule has 2 aromatic rings. The summed E-state index contributed by atoms with van der Waals surface area (Å²) < 4.78 is 5.11. The van der Waals surface area contributed by atoms with Gasteiger partial charge in [0.15, 0.2) is 0 Å². The number of para-hydroxylation sites is 1. The number of benzene rings is 1. The third kappa shape index (κ3) is 2.54. The van der Waals surface area contributed by atoms with E-state index in [1.807, 2.05) is 30.3 Å². The minimum Gasteiger partial charge on any atom is -0.472 e. The largest absolute Gasteiger partial charge is 0.472 e. The summed E-state index contributed by atoms with van der Waals surface area (Å²) in [6, 6.07) is 12.3. The average molecular weight is 213 g/mol. The van der Waals surface area contributed by atoms with Crippen LogP contribution in [0.4, 0.5) is 5.69 Å². The monoisotopic (exact) mass is 213 g/mol. The fourth-order valence-corrected chi connectivity index (χ4v) is 1.65. The zero-order chi connectivity index (χ0) is 11.2. The molecule has 0 saturated carbocycles. The van der Waals surface area contributed by atoms with Crippen molar-refractivity contribution in [2.45, 2.75) is 12.5 Å². The van der Waals surface area contributed by atoms with Crippen molar-refractivity contribution < 1.29 is 4.42 Å². The molecule has 0 fully saturated rings. The molecule has 1 atom stereocenters. The molecule has 0 bridgehead atoms. The van der Waals surface area contributed by atoms with Crippen molar-refractivity contribution in [2.24, 2.45) is 0 Å². The molecule has 1 N–H and O–H groups in total. The lowest BCUT2D eigenvalue weighted by Gasteiger charge is -2.16. The summed E-state index contributed by atoms with van der Waals surface area (Å²) in [6.07, 6.45) is 6.24. The number of nitrogens with one attached hydrogen (secondary N) is 1. The average Bonchev–Trinajstić information content (AvgIpc) is 2.83. The molecule has 2 nitrogen and oxygen atoms in total. The van der Waals surface area contributed by atoms with E-state index in [2.05, 4.69) is 24.0 Å². The highest BCUT2D eigenvalue weighted by Gasteiger charge is 2.10. The normalized spacial score (nSPS) is 12.0. The van der Waals surface area contributed by atoms with Gasteiger partial charge in [-0.3, -0.25) is 0 Å². The van der Waals surface area contributed by atoms with Gasteiger partial charge >= 0.3 is 0 Å². The molecule has 0 radical (unpaired) electrons. The third-order valence-corrected chi connectivity index (χ3v) is 2.46. The smallest absolute Gasteiger partial charge is 0.0955 e. The van der Waals surface area contributed by atoms with Gasteiger partial charge in [0.2, 0.25) is 0 Å². The van der Waals surface area contributed by atoms with Crippen LogP contribution in [0.2, 0.25) is 0 Å². The Hall–Kier alpha value is -1.96. The van der Waals surface area contributed by atoms with E-state index in [-0.39, 0.29) is 6.04 Å². The molecule has 0 spiro atoms. The van der Waals surface area contributed by atoms with Crippen LogP contribution < -0.4 is 5.32 Å². The van der Waals surface area contributed by atoms with E-state index < -0.39 is 0 Å². The van der Waals surface area contributed by atoms with E-state index in [0.29, 0.717) is 0 Å². The Kier molecular flexibility index (Phi) is 3.44. The van der Waals surface area contributed by atoms with Crippen LogP contribution in [0.3, 0.4) is 0 Å². The van der Waals surface area contributed by atoms with Gasteiger partial charge in [-0.15, -0.1) is 6.58 Å². The first-order chi connectivity index (χ1) is 7.90. The second-order valence-electron chi connectivity index (χ2n) is 3.64. The first-order valence-corrected chi connectivity index (χ1v) is 5.34. The van der Waals surface area contributed by atoms with Crippen LogP contribution in [0, 0.1) is 0 Å². The Labute approximate surface area is 95.6 Å². The molecule has 1 aromatic heterocycles. The summed E-state index contributed by atoms with van der Waals surface area (Å²) in [4.78, 5) is 0. The number of furan rings is 1. The maximum Gasteiger partial charge on any atom is 0.0955 e. The lowest BCUT2D eigenvalue weighted by molar-refractivity contribution is 0.561. The maximum absolute atomic E-state index is 5.11. The van der Waals surface area contributed by atoms with Crippen LogP contribution in [0.25, 0.3) is 0 Å². The molecule has 0 aliphatic heterocycles. The summed E-state index contributed by atoms with van der Waals surface area (Å²) in [5, 5.41) is 3.45. The number of hydrogen-bond donors (Lipinski definition) is 1. The predicted molar refractivity (Wildman–Crippen MR) is 66.3 cm³/mol. The van der Waals surface area contributed by atoms with Gasteiger partial charge in [-0.05, 0) is 24.6 Å². The summed E-state index contributed by atoms with van der Waals surface area (Å²) in [5.74, 6) is 0. The second kappa shape index (κ2) is 5.21. The van der Waals surface area contributed by atoms with Crippen LogP contribution in [-0.2, 0) is 0 Å². The van der Waals surface area contributed by atoms with E-state index in [9.17, 15) is 0 Å². The SMILES string of the molecule is C=CCC(Nc1ccccc1)c1ccoc1. The van der Waals surface area contributed by atoms with Crippen molar-refractivity contribution in [1.29, 1.82) is 0 Å². The topological polar surface area (TPSA) is 25.2 Å². The Morgan fingerprint density at radius 3 is 2.69 bits per heavy atom. The highest BCUT2D eigenvalue weighted by atomic mass is 16.3. The van der Waals surface area contributed by atoms with E-state index in [4.69, 9.17) is 4.42 Å². The molecule has 2 heteroatoms. The molecular formula is C14H15NO. The number of rotatable bonds is 5. The van der Waals surface area contributed by atoms with Crippen molar-refractivity contribution in [2.75, 3.05) is 5.32 Å². The molecule has 0 saturated heterocycles. The minimum absolute atomic E-state index is 0.221. The van der Waals surface area contributed by atoms with E-state index in [1.165, 1.54) is 0 Å². The van der Waals surface area contributed by atoms with Crippen LogP contribution in [-0.4, -0.2) is 0 Å². The summed E-state index contributed by atoms with van der Waals surface area (Å²) >= 11 is 0. The van der Waals surface area contributed by atoms with Crippen LogP contribution in [0.15, 0.2) is 66.0 Å². The van der Waals surface area contributed by atoms with Gasteiger partial charge in [-0.25, -0.2) is 0 Å². The molecule has 0 aliphatic carbocycles. The molecule has 0 aliphatic rings. The third-order valence-electron chi connectivity index (χ3n) is 2.46. The van der Waals surface area contributed by atoms with Gasteiger partial charge < -0.3 is 9.73 Å². The van der Waals surface area contributed by atoms with Gasteiger partial charge in [0.1, 0.15) is 0 Å². The molecule has 16 heavy (non-hydrogen) atoms. The van der Waals surface area contributed by atoms with Crippen LogP contribution in [0.1, 0.15) is 18.0 Å². The molecule has 0 amide bonds. The number of hydrogen-bond acceptors (Lipinski definition) is 2. The Balaban J connectivity index is 2.12. The van der Waals surface area contributed by atoms with Crippen LogP contribution in [0.5, 0.6) is 0 Å². The van der Waals surface area contributed by atoms with Gasteiger partial charge in [0.05, 0.1) is 18.6 Å². The fourth-order valence-electron chi connectivity index (χ4n) is 1.65. The van der Waals surface area contributed by atoms with Crippen molar-refractivity contribution in [3.05, 3.63) is 67.1 Å². The van der Waals surface area contributed by atoms with E-state index >= 15 is 0 Å². The van der Waals surface area contributed by atoms with Crippen molar-refractivity contribution >= 4 is 5.69 Å². The summed E-state index contributed by atoms with van der Waals surface area (Å²) in [7, 11) is 0. The first-order valence-electron chi connectivity index (χ1n) is 5.34. The maximum atomic E-state index is 5.11. The molecular weight excluding hydrogens is 198 g/mol. The lowest BCUT2D eigenvalue weighted by atomic mass is 10.1. The fraction of sp³-hybridized carbons (Fsp3) is 0.143. The predicted octanol–water partition coefficient (Wildman–Crippen LogP) is 4.01. The minimum atomic E-state index is 0.221. The Morgan fingerprint density at radius 2 is 2.06 bits per heavy atom. The van der Waals surface area contributed by atoms with Crippen LogP contribution >= 0.6 is 0 Å². The molecule has 1 unspecified atom stereocenters. The van der Waals surface area contributed by atoms with Gasteiger partial charge in [-0.2, -0.15) is 0 Å². The highest BCUT2D eigenvalue weighted by Crippen LogP contribution is 2.23. The zero-order valence-electron chi connectivity index (χ0n) is 9.10. The van der Waals surface area contributed by atoms with Gasteiger partial charge in [0, 0.05) is 11.3 Å². The standard InChI is InChI=1S/C14H15NO/c1-2-6-14(12-9-10-16-11-12)15-13-7-4-3-5-8-13/h2-5,7-11,14-15H,1,6H2.